The summed E-state index contributed by atoms with van der Waals surface area (Å²) in [5.74, 6) is 0. The molecule has 0 aromatic carbocycles. The lowest BCUT2D eigenvalue weighted by atomic mass is 9.98. The third-order valence-corrected chi connectivity index (χ3v) is 2.53. The number of carbonyl (C=O) groups is 1. The quantitative estimate of drug-likeness (QED) is 0.678. The summed E-state index contributed by atoms with van der Waals surface area (Å²) in [5, 5.41) is 8.86. The number of primary amides is 1. The van der Waals surface area contributed by atoms with Crippen LogP contribution in [0.25, 0.3) is 0 Å². The minimum atomic E-state index is -0.374. The lowest BCUT2D eigenvalue weighted by Gasteiger charge is -2.37. The number of hydrogen-bond acceptors (Lipinski definition) is 2. The predicted octanol–water partition coefficient (Wildman–Crippen LogP) is 0.691. The van der Waals surface area contributed by atoms with Gasteiger partial charge in [-0.05, 0) is 33.1 Å². The van der Waals surface area contributed by atoms with E-state index in [1.165, 1.54) is 0 Å². The van der Waals surface area contributed by atoms with E-state index in [4.69, 9.17) is 10.8 Å². The van der Waals surface area contributed by atoms with Gasteiger partial charge in [-0.15, -0.1) is 0 Å². The van der Waals surface area contributed by atoms with Gasteiger partial charge in [-0.1, -0.05) is 0 Å². The molecule has 1 fully saturated rings. The first-order valence-electron chi connectivity index (χ1n) is 4.68. The standard InChI is InChI=1S/C9H18N2O2/c1-9(2,5-6-12)11(8(10)13)7-3-4-7/h7,12H,3-6H2,1-2H3,(H2,10,13). The van der Waals surface area contributed by atoms with Crippen LogP contribution < -0.4 is 5.73 Å². The van der Waals surface area contributed by atoms with Crippen LogP contribution in [0.4, 0.5) is 4.79 Å². The summed E-state index contributed by atoms with van der Waals surface area (Å²) in [7, 11) is 0. The Kier molecular flexibility index (Phi) is 2.81. The maximum absolute atomic E-state index is 11.2. The van der Waals surface area contributed by atoms with Gasteiger partial charge >= 0.3 is 6.03 Å². The number of carbonyl (C=O) groups excluding carboxylic acids is 1. The lowest BCUT2D eigenvalue weighted by molar-refractivity contribution is 0.110. The summed E-state index contributed by atoms with van der Waals surface area (Å²) in [4.78, 5) is 12.9. The van der Waals surface area contributed by atoms with E-state index in [9.17, 15) is 4.79 Å². The fourth-order valence-electron chi connectivity index (χ4n) is 1.70. The fraction of sp³-hybridized carbons (Fsp3) is 0.889. The summed E-state index contributed by atoms with van der Waals surface area (Å²) in [6, 6.07) is -0.0694. The van der Waals surface area contributed by atoms with Gasteiger partial charge in [0.1, 0.15) is 0 Å². The Labute approximate surface area is 78.7 Å². The summed E-state index contributed by atoms with van der Waals surface area (Å²) in [6.07, 6.45) is 2.65. The summed E-state index contributed by atoms with van der Waals surface area (Å²) < 4.78 is 0. The van der Waals surface area contributed by atoms with Crippen molar-refractivity contribution in [3.63, 3.8) is 0 Å². The first-order valence-corrected chi connectivity index (χ1v) is 4.68. The van der Waals surface area contributed by atoms with Gasteiger partial charge in [-0.2, -0.15) is 0 Å². The number of nitrogens with two attached hydrogens (primary N) is 1. The van der Waals surface area contributed by atoms with Crippen LogP contribution in [0.5, 0.6) is 0 Å². The van der Waals surface area contributed by atoms with Crippen molar-refractivity contribution in [3.8, 4) is 0 Å². The van der Waals surface area contributed by atoms with Crippen LogP contribution >= 0.6 is 0 Å². The maximum atomic E-state index is 11.2. The van der Waals surface area contributed by atoms with E-state index in [0.29, 0.717) is 12.5 Å². The molecule has 0 unspecified atom stereocenters. The summed E-state index contributed by atoms with van der Waals surface area (Å²) in [6.45, 7) is 3.96. The minimum absolute atomic E-state index is 0.0868. The van der Waals surface area contributed by atoms with E-state index in [0.717, 1.165) is 12.8 Å². The van der Waals surface area contributed by atoms with E-state index < -0.39 is 0 Å². The average Bonchev–Trinajstić information content (AvgIpc) is 2.69. The van der Waals surface area contributed by atoms with Gasteiger partial charge < -0.3 is 15.7 Å². The van der Waals surface area contributed by atoms with E-state index in [2.05, 4.69) is 0 Å². The van der Waals surface area contributed by atoms with Gasteiger partial charge in [0.15, 0.2) is 0 Å². The first-order chi connectivity index (χ1) is 5.99. The molecule has 1 aliphatic carbocycles. The van der Waals surface area contributed by atoms with Crippen molar-refractivity contribution in [3.05, 3.63) is 0 Å². The molecule has 1 rings (SSSR count). The number of urea groups is 1. The largest absolute Gasteiger partial charge is 0.396 e. The highest BCUT2D eigenvalue weighted by Gasteiger charge is 2.40. The number of nitrogens with zero attached hydrogens (tertiary/aromatic N) is 1. The van der Waals surface area contributed by atoms with Crippen LogP contribution in [0.3, 0.4) is 0 Å². The van der Waals surface area contributed by atoms with Crippen molar-refractivity contribution in [2.45, 2.75) is 44.7 Å². The minimum Gasteiger partial charge on any atom is -0.396 e. The van der Waals surface area contributed by atoms with E-state index in [-0.39, 0.29) is 18.2 Å². The van der Waals surface area contributed by atoms with Gasteiger partial charge in [0.05, 0.1) is 0 Å². The highest BCUT2D eigenvalue weighted by Crippen LogP contribution is 2.33. The molecule has 1 aliphatic rings. The van der Waals surface area contributed by atoms with Crippen LogP contribution in [0, 0.1) is 0 Å². The molecular formula is C9H18N2O2. The van der Waals surface area contributed by atoms with Crippen molar-refractivity contribution in [1.82, 2.24) is 4.90 Å². The predicted molar refractivity (Wildman–Crippen MR) is 50.2 cm³/mol. The molecule has 4 heteroatoms. The first kappa shape index (κ1) is 10.3. The topological polar surface area (TPSA) is 66.6 Å². The smallest absolute Gasteiger partial charge is 0.315 e. The highest BCUT2D eigenvalue weighted by molar-refractivity contribution is 5.73. The molecule has 0 aromatic rings. The molecule has 0 radical (unpaired) electrons. The summed E-state index contributed by atoms with van der Waals surface area (Å²) in [5.41, 5.74) is 4.98. The third kappa shape index (κ3) is 2.34. The van der Waals surface area contributed by atoms with E-state index in [1.807, 2.05) is 13.8 Å². The third-order valence-electron chi connectivity index (χ3n) is 2.53. The normalized spacial score (nSPS) is 17.2. The molecule has 0 atom stereocenters. The Morgan fingerprint density at radius 1 is 1.62 bits per heavy atom. The molecule has 1 saturated carbocycles. The molecule has 13 heavy (non-hydrogen) atoms. The van der Waals surface area contributed by atoms with Gasteiger partial charge in [0, 0.05) is 18.2 Å². The van der Waals surface area contributed by atoms with Gasteiger partial charge in [0.2, 0.25) is 0 Å². The second-order valence-corrected chi connectivity index (χ2v) is 4.23. The SMILES string of the molecule is CC(C)(CCO)N(C(N)=O)C1CC1. The second kappa shape index (κ2) is 3.54. The van der Waals surface area contributed by atoms with E-state index >= 15 is 0 Å². The van der Waals surface area contributed by atoms with Crippen LogP contribution in [0.15, 0.2) is 0 Å². The molecule has 4 nitrogen and oxygen atoms in total. The van der Waals surface area contributed by atoms with Crippen LogP contribution in [-0.4, -0.2) is 34.2 Å². The maximum Gasteiger partial charge on any atom is 0.315 e. The van der Waals surface area contributed by atoms with Crippen molar-refractivity contribution in [2.75, 3.05) is 6.61 Å². The Hall–Kier alpha value is -0.770. The summed E-state index contributed by atoms with van der Waals surface area (Å²) >= 11 is 0. The zero-order chi connectivity index (χ0) is 10.1. The van der Waals surface area contributed by atoms with Crippen molar-refractivity contribution in [2.24, 2.45) is 5.73 Å². The Morgan fingerprint density at radius 3 is 2.46 bits per heavy atom. The molecule has 0 bridgehead atoms. The van der Waals surface area contributed by atoms with Crippen molar-refractivity contribution >= 4 is 6.03 Å². The molecule has 0 heterocycles. The molecule has 0 aliphatic heterocycles. The number of hydrogen-bond donors (Lipinski definition) is 2. The van der Waals surface area contributed by atoms with E-state index in [1.54, 1.807) is 4.90 Å². The Morgan fingerprint density at radius 2 is 2.15 bits per heavy atom. The molecule has 0 spiro atoms. The molecule has 2 amide bonds. The van der Waals surface area contributed by atoms with Crippen LogP contribution in [0.1, 0.15) is 33.1 Å². The number of aliphatic hydroxyl groups excluding tert-OH is 1. The fourth-order valence-corrected chi connectivity index (χ4v) is 1.70. The molecular weight excluding hydrogens is 168 g/mol. The monoisotopic (exact) mass is 186 g/mol. The number of amides is 2. The molecule has 0 saturated heterocycles. The highest BCUT2D eigenvalue weighted by atomic mass is 16.3. The number of aliphatic hydroxyl groups is 1. The van der Waals surface area contributed by atoms with Crippen LogP contribution in [0.2, 0.25) is 0 Å². The van der Waals surface area contributed by atoms with Gasteiger partial charge in [-0.25, -0.2) is 4.79 Å². The van der Waals surface area contributed by atoms with Gasteiger partial charge in [0.25, 0.3) is 0 Å². The zero-order valence-corrected chi connectivity index (χ0v) is 8.29. The number of rotatable bonds is 4. The Balaban J connectivity index is 2.66. The molecule has 76 valence electrons. The average molecular weight is 186 g/mol. The van der Waals surface area contributed by atoms with Crippen LogP contribution in [-0.2, 0) is 0 Å². The second-order valence-electron chi connectivity index (χ2n) is 4.23. The zero-order valence-electron chi connectivity index (χ0n) is 8.29. The van der Waals surface area contributed by atoms with Crippen molar-refractivity contribution in [1.29, 1.82) is 0 Å². The Bertz CT molecular complexity index is 200. The van der Waals surface area contributed by atoms with Gasteiger partial charge in [-0.3, -0.25) is 0 Å². The van der Waals surface area contributed by atoms with Crippen molar-refractivity contribution < 1.29 is 9.90 Å². The lowest BCUT2D eigenvalue weighted by Crippen LogP contribution is -2.51. The molecule has 0 aromatic heterocycles. The molecule has 3 N–H and O–H groups in total.